The Morgan fingerprint density at radius 3 is 2.52 bits per heavy atom. The van der Waals surface area contributed by atoms with Crippen LogP contribution in [0.1, 0.15) is 15.9 Å². The number of hydrogen-bond acceptors (Lipinski definition) is 6. The van der Waals surface area contributed by atoms with Crippen molar-refractivity contribution in [3.63, 3.8) is 0 Å². The number of hydrogen-bond donors (Lipinski definition) is 4. The number of nitrogens with one attached hydrogen (secondary N) is 1. The van der Waals surface area contributed by atoms with Crippen molar-refractivity contribution in [1.29, 1.82) is 0 Å². The molecule has 1 amide bonds. The van der Waals surface area contributed by atoms with Crippen molar-refractivity contribution >= 4 is 23.3 Å². The quantitative estimate of drug-likeness (QED) is 0.349. The lowest BCUT2D eigenvalue weighted by atomic mass is 10.0. The number of aromatic hydroxyl groups is 1. The average molecular weight is 345 g/mol. The van der Waals surface area contributed by atoms with Gasteiger partial charge in [-0.3, -0.25) is 14.9 Å². The number of carbonyl (C=O) groups is 2. The number of nitro benzene ring substituents is 1. The smallest absolute Gasteiger partial charge is 0.326 e. The van der Waals surface area contributed by atoms with E-state index < -0.39 is 34.3 Å². The van der Waals surface area contributed by atoms with E-state index in [1.165, 1.54) is 18.2 Å². The van der Waals surface area contributed by atoms with Gasteiger partial charge in [-0.1, -0.05) is 18.2 Å². The van der Waals surface area contributed by atoms with Crippen LogP contribution in [0.25, 0.3) is 0 Å². The summed E-state index contributed by atoms with van der Waals surface area (Å²) in [5.74, 6) is -2.50. The van der Waals surface area contributed by atoms with Crippen LogP contribution in [0.2, 0.25) is 0 Å². The largest absolute Gasteiger partial charge is 0.502 e. The van der Waals surface area contributed by atoms with Crippen LogP contribution in [0.15, 0.2) is 42.5 Å². The highest BCUT2D eigenvalue weighted by molar-refractivity contribution is 6.00. The number of benzene rings is 2. The zero-order valence-corrected chi connectivity index (χ0v) is 12.9. The maximum Gasteiger partial charge on any atom is 0.326 e. The zero-order chi connectivity index (χ0) is 18.6. The van der Waals surface area contributed by atoms with E-state index in [1.54, 1.807) is 12.1 Å². The number of nitrogens with zero attached hydrogens (tertiary/aromatic N) is 1. The van der Waals surface area contributed by atoms with Crippen LogP contribution >= 0.6 is 0 Å². The van der Waals surface area contributed by atoms with Gasteiger partial charge in [0.15, 0.2) is 5.75 Å². The predicted octanol–water partition coefficient (Wildman–Crippen LogP) is 1.31. The maximum atomic E-state index is 12.2. The second kappa shape index (κ2) is 7.30. The van der Waals surface area contributed by atoms with Crippen molar-refractivity contribution in [3.8, 4) is 5.75 Å². The van der Waals surface area contributed by atoms with Gasteiger partial charge in [-0.15, -0.1) is 0 Å². The molecule has 0 fully saturated rings. The van der Waals surface area contributed by atoms with Crippen molar-refractivity contribution in [3.05, 3.63) is 63.7 Å². The molecule has 0 heterocycles. The summed E-state index contributed by atoms with van der Waals surface area (Å²) in [6.07, 6.45) is -0.199. The van der Waals surface area contributed by atoms with Crippen molar-refractivity contribution in [2.45, 2.75) is 12.5 Å². The van der Waals surface area contributed by atoms with E-state index in [2.05, 4.69) is 5.32 Å². The molecule has 0 bridgehead atoms. The van der Waals surface area contributed by atoms with Crippen molar-refractivity contribution in [1.82, 2.24) is 5.32 Å². The minimum atomic E-state index is -1.32. The number of aliphatic carboxylic acids is 1. The number of phenols is 1. The van der Waals surface area contributed by atoms with Crippen LogP contribution in [-0.4, -0.2) is 33.1 Å². The fourth-order valence-corrected chi connectivity index (χ4v) is 2.22. The normalized spacial score (nSPS) is 11.5. The standard InChI is InChI=1S/C16H15N3O6/c17-11-4-2-1-3-10(11)15(21)18-12(16(22)23)7-9-5-6-14(20)13(8-9)19(24)25/h1-6,8,12,20H,7,17H2,(H,18,21)(H,22,23)/t12-/m0/s1. The molecule has 2 aromatic carbocycles. The lowest BCUT2D eigenvalue weighted by molar-refractivity contribution is -0.385. The van der Waals surface area contributed by atoms with Crippen LogP contribution in [0.4, 0.5) is 11.4 Å². The van der Waals surface area contributed by atoms with Crippen LogP contribution in [0, 0.1) is 10.1 Å². The third kappa shape index (κ3) is 4.22. The fraction of sp³-hybridized carbons (Fsp3) is 0.125. The Kier molecular flexibility index (Phi) is 5.18. The second-order valence-electron chi connectivity index (χ2n) is 5.24. The van der Waals surface area contributed by atoms with Gasteiger partial charge < -0.3 is 21.3 Å². The van der Waals surface area contributed by atoms with E-state index in [9.17, 15) is 29.9 Å². The van der Waals surface area contributed by atoms with Crippen molar-refractivity contribution in [2.75, 3.05) is 5.73 Å². The number of nitrogen functional groups attached to an aromatic ring is 1. The molecule has 1 atom stereocenters. The number of nitro groups is 1. The molecule has 0 saturated heterocycles. The topological polar surface area (TPSA) is 156 Å². The number of rotatable bonds is 6. The summed E-state index contributed by atoms with van der Waals surface area (Å²) < 4.78 is 0. The lowest BCUT2D eigenvalue weighted by Gasteiger charge is -2.15. The molecule has 0 saturated carbocycles. The number of nitrogens with two attached hydrogens (primary N) is 1. The van der Waals surface area contributed by atoms with E-state index in [4.69, 9.17) is 5.73 Å². The first-order chi connectivity index (χ1) is 11.8. The molecular weight excluding hydrogens is 330 g/mol. The molecule has 9 heteroatoms. The molecule has 0 unspecified atom stereocenters. The first kappa shape index (κ1) is 17.7. The van der Waals surface area contributed by atoms with Gasteiger partial charge in [0, 0.05) is 18.2 Å². The average Bonchev–Trinajstić information content (AvgIpc) is 2.55. The second-order valence-corrected chi connectivity index (χ2v) is 5.24. The molecule has 2 rings (SSSR count). The molecule has 0 radical (unpaired) electrons. The highest BCUT2D eigenvalue weighted by Gasteiger charge is 2.23. The van der Waals surface area contributed by atoms with E-state index >= 15 is 0 Å². The Morgan fingerprint density at radius 1 is 1.24 bits per heavy atom. The molecule has 2 aromatic rings. The minimum absolute atomic E-state index is 0.130. The van der Waals surface area contributed by atoms with Gasteiger partial charge in [-0.2, -0.15) is 0 Å². The summed E-state index contributed by atoms with van der Waals surface area (Å²) in [6, 6.07) is 8.37. The van der Waals surface area contributed by atoms with Gasteiger partial charge in [-0.05, 0) is 23.8 Å². The van der Waals surface area contributed by atoms with Gasteiger partial charge in [0.25, 0.3) is 5.91 Å². The third-order valence-corrected chi connectivity index (χ3v) is 3.49. The Hall–Kier alpha value is -3.62. The molecule has 0 aromatic heterocycles. The van der Waals surface area contributed by atoms with E-state index in [0.29, 0.717) is 0 Å². The Balaban J connectivity index is 2.21. The lowest BCUT2D eigenvalue weighted by Crippen LogP contribution is -2.42. The molecule has 9 nitrogen and oxygen atoms in total. The van der Waals surface area contributed by atoms with Gasteiger partial charge in [0.1, 0.15) is 6.04 Å². The molecular formula is C16H15N3O6. The van der Waals surface area contributed by atoms with E-state index in [1.807, 2.05) is 0 Å². The van der Waals surface area contributed by atoms with Gasteiger partial charge in [0.05, 0.1) is 10.5 Å². The Morgan fingerprint density at radius 2 is 1.92 bits per heavy atom. The number of carboxylic acid groups (broad SMARTS) is 1. The molecule has 25 heavy (non-hydrogen) atoms. The zero-order valence-electron chi connectivity index (χ0n) is 12.9. The van der Waals surface area contributed by atoms with Crippen LogP contribution in [0.3, 0.4) is 0 Å². The van der Waals surface area contributed by atoms with E-state index in [-0.39, 0.29) is 23.2 Å². The molecule has 0 aliphatic heterocycles. The van der Waals surface area contributed by atoms with Crippen LogP contribution in [0.5, 0.6) is 5.75 Å². The van der Waals surface area contributed by atoms with Crippen LogP contribution in [-0.2, 0) is 11.2 Å². The summed E-state index contributed by atoms with van der Waals surface area (Å²) in [5.41, 5.74) is 5.75. The molecule has 5 N–H and O–H groups in total. The highest BCUT2D eigenvalue weighted by atomic mass is 16.6. The summed E-state index contributed by atoms with van der Waals surface area (Å²) in [5, 5.41) is 31.9. The number of anilines is 1. The highest BCUT2D eigenvalue weighted by Crippen LogP contribution is 2.26. The molecule has 0 spiro atoms. The van der Waals surface area contributed by atoms with Gasteiger partial charge >= 0.3 is 11.7 Å². The third-order valence-electron chi connectivity index (χ3n) is 3.49. The van der Waals surface area contributed by atoms with Crippen molar-refractivity contribution in [2.24, 2.45) is 0 Å². The summed E-state index contributed by atoms with van der Waals surface area (Å²) >= 11 is 0. The van der Waals surface area contributed by atoms with E-state index in [0.717, 1.165) is 12.1 Å². The van der Waals surface area contributed by atoms with Crippen molar-refractivity contribution < 1.29 is 24.7 Å². The maximum absolute atomic E-state index is 12.2. The number of carbonyl (C=O) groups excluding carboxylic acids is 1. The number of phenolic OH excluding ortho intramolecular Hbond substituents is 1. The number of para-hydroxylation sites is 1. The number of amides is 1. The SMILES string of the molecule is Nc1ccccc1C(=O)N[C@@H](Cc1ccc(O)c([N+](=O)[O-])c1)C(=O)O. The summed E-state index contributed by atoms with van der Waals surface area (Å²) in [4.78, 5) is 33.7. The van der Waals surface area contributed by atoms with Gasteiger partial charge in [0.2, 0.25) is 0 Å². The summed E-state index contributed by atoms with van der Waals surface area (Å²) in [6.45, 7) is 0. The molecule has 0 aliphatic rings. The molecule has 130 valence electrons. The monoisotopic (exact) mass is 345 g/mol. The first-order valence-electron chi connectivity index (χ1n) is 7.14. The molecule has 0 aliphatic carbocycles. The van der Waals surface area contributed by atoms with Crippen LogP contribution < -0.4 is 11.1 Å². The van der Waals surface area contributed by atoms with Gasteiger partial charge in [-0.25, -0.2) is 4.79 Å². The predicted molar refractivity (Wildman–Crippen MR) is 88.2 cm³/mol. The Bertz CT molecular complexity index is 836. The number of carboxylic acids is 1. The minimum Gasteiger partial charge on any atom is -0.502 e. The summed E-state index contributed by atoms with van der Waals surface area (Å²) in [7, 11) is 0. The fourth-order valence-electron chi connectivity index (χ4n) is 2.22. The Labute approximate surface area is 141 Å². The first-order valence-corrected chi connectivity index (χ1v) is 7.14.